The first-order valence-electron chi connectivity index (χ1n) is 5.79. The summed E-state index contributed by atoms with van der Waals surface area (Å²) in [6.45, 7) is 0. The molecule has 1 unspecified atom stereocenters. The quantitative estimate of drug-likeness (QED) is 0.675. The van der Waals surface area contributed by atoms with E-state index in [9.17, 15) is 22.9 Å². The topological polar surface area (TPSA) is 89.3 Å². The summed E-state index contributed by atoms with van der Waals surface area (Å²) < 4.78 is 36.6. The van der Waals surface area contributed by atoms with Gasteiger partial charge in [-0.15, -0.1) is 0 Å². The Balaban J connectivity index is 2.26. The predicted octanol–water partition coefficient (Wildman–Crippen LogP) is 1.72. The number of nitrogens with one attached hydrogen (secondary N) is 1. The smallest absolute Gasteiger partial charge is 0.295 e. The SMILES string of the molecule is O=[N+]([O-])c1cccc(F)c1NC1CCCS(=O)(=O)C1. The molecule has 0 bridgehead atoms. The van der Waals surface area contributed by atoms with Gasteiger partial charge in [-0.25, -0.2) is 12.8 Å². The molecule has 1 fully saturated rings. The maximum absolute atomic E-state index is 13.6. The molecule has 1 N–H and O–H groups in total. The molecule has 104 valence electrons. The monoisotopic (exact) mass is 288 g/mol. The number of anilines is 1. The Labute approximate surface area is 109 Å². The third-order valence-electron chi connectivity index (χ3n) is 3.00. The second-order valence-corrected chi connectivity index (χ2v) is 6.72. The van der Waals surface area contributed by atoms with Crippen molar-refractivity contribution in [1.82, 2.24) is 0 Å². The fraction of sp³-hybridized carbons (Fsp3) is 0.455. The van der Waals surface area contributed by atoms with E-state index in [1.807, 2.05) is 0 Å². The van der Waals surface area contributed by atoms with E-state index in [4.69, 9.17) is 0 Å². The fourth-order valence-electron chi connectivity index (χ4n) is 2.15. The second-order valence-electron chi connectivity index (χ2n) is 4.49. The molecular formula is C11H13FN2O4S. The Kier molecular flexibility index (Phi) is 3.70. The highest BCUT2D eigenvalue weighted by Crippen LogP contribution is 2.29. The van der Waals surface area contributed by atoms with Crippen LogP contribution in [0.3, 0.4) is 0 Å². The maximum atomic E-state index is 13.6. The molecule has 1 aromatic carbocycles. The molecule has 0 spiro atoms. The Morgan fingerprint density at radius 2 is 2.16 bits per heavy atom. The fourth-order valence-corrected chi connectivity index (χ4v) is 3.78. The van der Waals surface area contributed by atoms with Gasteiger partial charge in [0.2, 0.25) is 0 Å². The molecule has 0 aliphatic carbocycles. The number of nitro groups is 1. The molecule has 0 radical (unpaired) electrons. The van der Waals surface area contributed by atoms with Crippen LogP contribution in [0, 0.1) is 15.9 Å². The number of sulfone groups is 1. The van der Waals surface area contributed by atoms with E-state index < -0.39 is 26.6 Å². The van der Waals surface area contributed by atoms with Crippen LogP contribution < -0.4 is 5.32 Å². The maximum Gasteiger partial charge on any atom is 0.295 e. The van der Waals surface area contributed by atoms with E-state index in [-0.39, 0.29) is 22.9 Å². The molecule has 1 saturated heterocycles. The molecule has 1 atom stereocenters. The largest absolute Gasteiger partial charge is 0.373 e. The zero-order valence-electron chi connectivity index (χ0n) is 10.0. The molecule has 2 rings (SSSR count). The molecule has 8 heteroatoms. The van der Waals surface area contributed by atoms with Crippen LogP contribution in [0.25, 0.3) is 0 Å². The van der Waals surface area contributed by atoms with E-state index in [2.05, 4.69) is 5.32 Å². The Hall–Kier alpha value is -1.70. The van der Waals surface area contributed by atoms with Crippen molar-refractivity contribution >= 4 is 21.2 Å². The third kappa shape index (κ3) is 3.19. The predicted molar refractivity (Wildman–Crippen MR) is 68.4 cm³/mol. The summed E-state index contributed by atoms with van der Waals surface area (Å²) in [6.07, 6.45) is 1.02. The number of rotatable bonds is 3. The first kappa shape index (κ1) is 13.7. The Morgan fingerprint density at radius 1 is 1.42 bits per heavy atom. The van der Waals surface area contributed by atoms with Gasteiger partial charge < -0.3 is 5.32 Å². The zero-order chi connectivity index (χ0) is 14.0. The number of nitro benzene ring substituents is 1. The van der Waals surface area contributed by atoms with Crippen LogP contribution in [-0.4, -0.2) is 30.9 Å². The summed E-state index contributed by atoms with van der Waals surface area (Å²) in [5.41, 5.74) is -0.627. The molecule has 1 aliphatic heterocycles. The van der Waals surface area contributed by atoms with E-state index in [1.165, 1.54) is 12.1 Å². The summed E-state index contributed by atoms with van der Waals surface area (Å²) in [5, 5.41) is 13.5. The molecular weight excluding hydrogens is 275 g/mol. The minimum absolute atomic E-state index is 0.116. The summed E-state index contributed by atoms with van der Waals surface area (Å²) >= 11 is 0. The van der Waals surface area contributed by atoms with E-state index in [0.717, 1.165) is 6.07 Å². The van der Waals surface area contributed by atoms with Gasteiger partial charge in [0, 0.05) is 12.1 Å². The van der Waals surface area contributed by atoms with E-state index in [0.29, 0.717) is 12.8 Å². The first-order chi connectivity index (χ1) is 8.89. The van der Waals surface area contributed by atoms with E-state index >= 15 is 0 Å². The molecule has 0 amide bonds. The molecule has 1 aliphatic rings. The molecule has 1 heterocycles. The first-order valence-corrected chi connectivity index (χ1v) is 7.61. The lowest BCUT2D eigenvalue weighted by atomic mass is 10.1. The lowest BCUT2D eigenvalue weighted by Crippen LogP contribution is -2.35. The molecule has 0 aromatic heterocycles. The Morgan fingerprint density at radius 3 is 2.79 bits per heavy atom. The van der Waals surface area contributed by atoms with Crippen LogP contribution in [0.4, 0.5) is 15.8 Å². The molecule has 6 nitrogen and oxygen atoms in total. The van der Waals surface area contributed by atoms with Crippen molar-refractivity contribution in [2.24, 2.45) is 0 Å². The number of para-hydroxylation sites is 1. The van der Waals surface area contributed by atoms with Gasteiger partial charge in [-0.1, -0.05) is 6.07 Å². The normalized spacial score (nSPS) is 21.8. The van der Waals surface area contributed by atoms with Gasteiger partial charge in [0.25, 0.3) is 5.69 Å². The van der Waals surface area contributed by atoms with Crippen molar-refractivity contribution in [2.45, 2.75) is 18.9 Å². The number of benzene rings is 1. The van der Waals surface area contributed by atoms with Gasteiger partial charge in [-0.05, 0) is 18.9 Å². The number of hydrogen-bond acceptors (Lipinski definition) is 5. The van der Waals surface area contributed by atoms with Gasteiger partial charge in [0.15, 0.2) is 15.7 Å². The molecule has 0 saturated carbocycles. The highest BCUT2D eigenvalue weighted by atomic mass is 32.2. The summed E-state index contributed by atoms with van der Waals surface area (Å²) in [7, 11) is -3.15. The lowest BCUT2D eigenvalue weighted by molar-refractivity contribution is -0.384. The second kappa shape index (κ2) is 5.12. The average molecular weight is 288 g/mol. The van der Waals surface area contributed by atoms with Crippen molar-refractivity contribution in [3.8, 4) is 0 Å². The highest BCUT2D eigenvalue weighted by molar-refractivity contribution is 7.91. The van der Waals surface area contributed by atoms with Gasteiger partial charge >= 0.3 is 0 Å². The van der Waals surface area contributed by atoms with Gasteiger partial charge in [-0.2, -0.15) is 0 Å². The minimum Gasteiger partial charge on any atom is -0.373 e. The van der Waals surface area contributed by atoms with Crippen molar-refractivity contribution in [1.29, 1.82) is 0 Å². The van der Waals surface area contributed by atoms with Crippen LogP contribution in [-0.2, 0) is 9.84 Å². The Bertz CT molecular complexity index is 603. The highest BCUT2D eigenvalue weighted by Gasteiger charge is 2.27. The number of nitrogens with zero attached hydrogens (tertiary/aromatic N) is 1. The van der Waals surface area contributed by atoms with Gasteiger partial charge in [0.1, 0.15) is 5.69 Å². The van der Waals surface area contributed by atoms with Crippen molar-refractivity contribution in [2.75, 3.05) is 16.8 Å². The summed E-state index contributed by atoms with van der Waals surface area (Å²) in [6, 6.07) is 3.04. The average Bonchev–Trinajstić information content (AvgIpc) is 2.30. The van der Waals surface area contributed by atoms with Crippen LogP contribution in [0.15, 0.2) is 18.2 Å². The number of hydrogen-bond donors (Lipinski definition) is 1. The van der Waals surface area contributed by atoms with Crippen LogP contribution >= 0.6 is 0 Å². The summed E-state index contributed by atoms with van der Waals surface area (Å²) in [5.74, 6) is -0.763. The minimum atomic E-state index is -3.15. The van der Waals surface area contributed by atoms with Crippen LogP contribution in [0.1, 0.15) is 12.8 Å². The van der Waals surface area contributed by atoms with Gasteiger partial charge in [0.05, 0.1) is 16.4 Å². The zero-order valence-corrected chi connectivity index (χ0v) is 10.8. The van der Waals surface area contributed by atoms with Crippen LogP contribution in [0.5, 0.6) is 0 Å². The van der Waals surface area contributed by atoms with Crippen molar-refractivity contribution in [3.63, 3.8) is 0 Å². The third-order valence-corrected chi connectivity index (χ3v) is 4.82. The van der Waals surface area contributed by atoms with Crippen molar-refractivity contribution in [3.05, 3.63) is 34.1 Å². The molecule has 19 heavy (non-hydrogen) atoms. The number of halogens is 1. The summed E-state index contributed by atoms with van der Waals surface area (Å²) in [4.78, 5) is 10.1. The van der Waals surface area contributed by atoms with Crippen molar-refractivity contribution < 1.29 is 17.7 Å². The van der Waals surface area contributed by atoms with Gasteiger partial charge in [-0.3, -0.25) is 10.1 Å². The van der Waals surface area contributed by atoms with Crippen LogP contribution in [0.2, 0.25) is 0 Å². The lowest BCUT2D eigenvalue weighted by Gasteiger charge is -2.23. The molecule has 1 aromatic rings. The standard InChI is InChI=1S/C11H13FN2O4S/c12-9-4-1-5-10(14(15)16)11(9)13-8-3-2-6-19(17,18)7-8/h1,4-5,8,13H,2-3,6-7H2. The van der Waals surface area contributed by atoms with E-state index in [1.54, 1.807) is 0 Å².